The number of aromatic nitrogens is 5. The maximum absolute atomic E-state index is 9.74. The molecule has 0 radical (unpaired) electrons. The van der Waals surface area contributed by atoms with Gasteiger partial charge in [0.15, 0.2) is 11.6 Å². The van der Waals surface area contributed by atoms with Crippen LogP contribution in [0.15, 0.2) is 73.0 Å². The summed E-state index contributed by atoms with van der Waals surface area (Å²) in [6.45, 7) is 7.49. The highest BCUT2D eigenvalue weighted by atomic mass is 16.5. The predicted octanol–water partition coefficient (Wildman–Crippen LogP) is 6.12. The van der Waals surface area contributed by atoms with Crippen LogP contribution in [0.25, 0.3) is 16.6 Å². The summed E-state index contributed by atoms with van der Waals surface area (Å²) in [5, 5.41) is 35.8. The molecule has 2 aromatic carbocycles. The van der Waals surface area contributed by atoms with E-state index in [0.717, 1.165) is 57.8 Å². The Morgan fingerprint density at radius 3 is 2.68 bits per heavy atom. The van der Waals surface area contributed by atoms with Gasteiger partial charge in [0, 0.05) is 37.5 Å². The SMILES string of the molecule is CC.Cc1cc(Nc2ncnn3ccc(C4CCN(CC(O)=C(O)O)C4)c23)ccc1Oc1ccc2c(c1)ncn2C. The van der Waals surface area contributed by atoms with E-state index in [2.05, 4.69) is 20.4 Å². The molecule has 4 N–H and O–H groups in total. The van der Waals surface area contributed by atoms with Crippen LogP contribution >= 0.6 is 0 Å². The Kier molecular flexibility index (Phi) is 7.97. The Morgan fingerprint density at radius 2 is 1.90 bits per heavy atom. The van der Waals surface area contributed by atoms with Crippen LogP contribution in [-0.2, 0) is 7.05 Å². The Morgan fingerprint density at radius 1 is 1.07 bits per heavy atom. The van der Waals surface area contributed by atoms with Gasteiger partial charge in [-0.3, -0.25) is 4.90 Å². The molecule has 1 saturated heterocycles. The fourth-order valence-corrected chi connectivity index (χ4v) is 5.20. The fourth-order valence-electron chi connectivity index (χ4n) is 5.20. The first kappa shape index (κ1) is 27.8. The molecule has 1 atom stereocenters. The first-order valence-electron chi connectivity index (χ1n) is 13.7. The molecule has 4 heterocycles. The molecule has 1 unspecified atom stereocenters. The van der Waals surface area contributed by atoms with Crippen molar-refractivity contribution in [3.8, 4) is 11.5 Å². The van der Waals surface area contributed by atoms with E-state index in [-0.39, 0.29) is 12.5 Å². The predicted molar refractivity (Wildman–Crippen MR) is 158 cm³/mol. The summed E-state index contributed by atoms with van der Waals surface area (Å²) >= 11 is 0. The second-order valence-electron chi connectivity index (χ2n) is 9.88. The number of ether oxygens (including phenoxy) is 1. The summed E-state index contributed by atoms with van der Waals surface area (Å²) in [7, 11) is 1.96. The van der Waals surface area contributed by atoms with Crippen LogP contribution in [0.5, 0.6) is 11.5 Å². The van der Waals surface area contributed by atoms with E-state index in [1.807, 2.05) is 90.5 Å². The van der Waals surface area contributed by atoms with Gasteiger partial charge in [-0.05, 0) is 67.4 Å². The first-order chi connectivity index (χ1) is 19.9. The summed E-state index contributed by atoms with van der Waals surface area (Å²) in [4.78, 5) is 10.9. The van der Waals surface area contributed by atoms with Crippen LogP contribution in [0.1, 0.15) is 37.3 Å². The third kappa shape index (κ3) is 5.75. The standard InChI is InChI=1S/C28H29N7O4.C2H6/c1-17-11-19(3-6-25(17)39-20-4-5-23-22(12-20)30-16-33(23)2)32-27-26-21(8-10-35(26)31-15-29-27)18-7-9-34(13-18)14-24(36)28(37)38;1-2/h3-6,8,10-12,15-16,18,36-38H,7,9,13-14H2,1-2H3,(H,29,31,32);1-2H3. The third-order valence-corrected chi connectivity index (χ3v) is 7.19. The molecular weight excluding hydrogens is 522 g/mol. The van der Waals surface area contributed by atoms with E-state index in [0.29, 0.717) is 12.4 Å². The molecule has 0 amide bonds. The van der Waals surface area contributed by atoms with E-state index < -0.39 is 11.7 Å². The Labute approximate surface area is 238 Å². The Balaban J connectivity index is 0.00000165. The van der Waals surface area contributed by atoms with Gasteiger partial charge < -0.3 is 29.9 Å². The minimum absolute atomic E-state index is 0.0929. The largest absolute Gasteiger partial charge is 0.505 e. The average Bonchev–Trinajstić information content (AvgIpc) is 3.70. The molecule has 5 aromatic rings. The number of nitrogens with one attached hydrogen (secondary N) is 1. The molecule has 0 saturated carbocycles. The van der Waals surface area contributed by atoms with Crippen LogP contribution in [-0.4, -0.2) is 64.0 Å². The lowest BCUT2D eigenvalue weighted by molar-refractivity contribution is 0.145. The van der Waals surface area contributed by atoms with Crippen LogP contribution in [0, 0.1) is 6.92 Å². The number of aliphatic hydroxyl groups is 3. The molecule has 0 aliphatic carbocycles. The van der Waals surface area contributed by atoms with Crippen molar-refractivity contribution >= 4 is 28.1 Å². The van der Waals surface area contributed by atoms with Crippen LogP contribution in [0.4, 0.5) is 11.5 Å². The maximum atomic E-state index is 9.74. The zero-order valence-electron chi connectivity index (χ0n) is 23.6. The smallest absolute Gasteiger partial charge is 0.315 e. The van der Waals surface area contributed by atoms with Crippen LogP contribution < -0.4 is 10.1 Å². The van der Waals surface area contributed by atoms with Crippen molar-refractivity contribution in [2.75, 3.05) is 25.0 Å². The van der Waals surface area contributed by atoms with E-state index in [1.165, 1.54) is 6.33 Å². The number of aliphatic hydroxyl groups excluding tert-OH is 2. The van der Waals surface area contributed by atoms with Gasteiger partial charge >= 0.3 is 5.95 Å². The van der Waals surface area contributed by atoms with E-state index in [4.69, 9.17) is 14.9 Å². The van der Waals surface area contributed by atoms with Gasteiger partial charge in [0.05, 0.1) is 23.9 Å². The molecule has 11 nitrogen and oxygen atoms in total. The van der Waals surface area contributed by atoms with Gasteiger partial charge in [-0.1, -0.05) is 13.8 Å². The van der Waals surface area contributed by atoms with Gasteiger partial charge in [-0.25, -0.2) is 14.5 Å². The third-order valence-electron chi connectivity index (χ3n) is 7.19. The lowest BCUT2D eigenvalue weighted by atomic mass is 9.99. The van der Waals surface area contributed by atoms with E-state index in [1.54, 1.807) is 6.33 Å². The van der Waals surface area contributed by atoms with Gasteiger partial charge in [-0.2, -0.15) is 5.10 Å². The highest BCUT2D eigenvalue weighted by Crippen LogP contribution is 2.35. The zero-order chi connectivity index (χ0) is 29.1. The number of anilines is 2. The normalized spacial score (nSPS) is 15.1. The first-order valence-corrected chi connectivity index (χ1v) is 13.7. The van der Waals surface area contributed by atoms with E-state index in [9.17, 15) is 5.11 Å². The molecule has 3 aromatic heterocycles. The van der Waals surface area contributed by atoms with Crippen molar-refractivity contribution in [3.63, 3.8) is 0 Å². The number of hydrogen-bond donors (Lipinski definition) is 4. The van der Waals surface area contributed by atoms with Gasteiger partial charge in [0.1, 0.15) is 23.3 Å². The highest BCUT2D eigenvalue weighted by molar-refractivity contribution is 5.78. The summed E-state index contributed by atoms with van der Waals surface area (Å²) < 4.78 is 9.94. The van der Waals surface area contributed by atoms with Crippen molar-refractivity contribution in [1.82, 2.24) is 29.0 Å². The summed E-state index contributed by atoms with van der Waals surface area (Å²) in [6.07, 6.45) is 6.08. The van der Waals surface area contributed by atoms with Gasteiger partial charge in [-0.15, -0.1) is 0 Å². The second kappa shape index (κ2) is 11.8. The van der Waals surface area contributed by atoms with Crippen molar-refractivity contribution in [2.24, 2.45) is 7.05 Å². The molecule has 0 spiro atoms. The van der Waals surface area contributed by atoms with Gasteiger partial charge in [0.25, 0.3) is 0 Å². The number of hydrogen-bond acceptors (Lipinski definition) is 9. The highest BCUT2D eigenvalue weighted by Gasteiger charge is 2.28. The lowest BCUT2D eigenvalue weighted by Crippen LogP contribution is -2.23. The van der Waals surface area contributed by atoms with E-state index >= 15 is 0 Å². The number of likely N-dealkylation sites (tertiary alicyclic amines) is 1. The molecule has 41 heavy (non-hydrogen) atoms. The number of aryl methyl sites for hydroxylation is 2. The molecule has 214 valence electrons. The minimum Gasteiger partial charge on any atom is -0.505 e. The number of benzene rings is 2. The van der Waals surface area contributed by atoms with Crippen molar-refractivity contribution in [2.45, 2.75) is 33.1 Å². The number of fused-ring (bicyclic) bond motifs is 2. The monoisotopic (exact) mass is 557 g/mol. The average molecular weight is 558 g/mol. The number of nitrogens with zero attached hydrogens (tertiary/aromatic N) is 6. The van der Waals surface area contributed by atoms with Gasteiger partial charge in [0.2, 0.25) is 0 Å². The molecule has 11 heteroatoms. The lowest BCUT2D eigenvalue weighted by Gasteiger charge is -2.16. The Bertz CT molecular complexity index is 1700. The molecule has 0 bridgehead atoms. The molecule has 6 rings (SSSR count). The Hall–Kier alpha value is -4.77. The zero-order valence-corrected chi connectivity index (χ0v) is 23.6. The molecular formula is C30H35N7O4. The summed E-state index contributed by atoms with van der Waals surface area (Å²) in [5.74, 6) is 0.891. The minimum atomic E-state index is -1.03. The summed E-state index contributed by atoms with van der Waals surface area (Å²) in [6, 6.07) is 13.8. The number of imidazole rings is 1. The summed E-state index contributed by atoms with van der Waals surface area (Å²) in [5.41, 5.74) is 5.74. The van der Waals surface area contributed by atoms with Crippen molar-refractivity contribution in [3.05, 3.63) is 84.1 Å². The quantitative estimate of drug-likeness (QED) is 0.175. The van der Waals surface area contributed by atoms with Crippen molar-refractivity contribution < 1.29 is 20.1 Å². The molecule has 1 aliphatic rings. The van der Waals surface area contributed by atoms with Crippen LogP contribution in [0.3, 0.4) is 0 Å². The molecule has 1 aliphatic heterocycles. The van der Waals surface area contributed by atoms with Crippen molar-refractivity contribution in [1.29, 1.82) is 0 Å². The maximum Gasteiger partial charge on any atom is 0.315 e. The second-order valence-corrected chi connectivity index (χ2v) is 9.88. The molecule has 1 fully saturated rings. The fraction of sp³-hybridized carbons (Fsp3) is 0.300. The topological polar surface area (TPSA) is 133 Å². The van der Waals surface area contributed by atoms with Crippen LogP contribution in [0.2, 0.25) is 0 Å². The number of rotatable bonds is 7.